The molecular weight excluding hydrogens is 228 g/mol. The van der Waals surface area contributed by atoms with E-state index in [0.717, 1.165) is 5.56 Å². The number of methoxy groups -OCH3 is 1. The van der Waals surface area contributed by atoms with E-state index in [1.54, 1.807) is 6.07 Å². The number of benzene rings is 1. The SMILES string of the molecule is CNCc1cc(Cl)c(OCC#N)c(OC)c1. The summed E-state index contributed by atoms with van der Waals surface area (Å²) in [6.45, 7) is 0.635. The first kappa shape index (κ1) is 12.6. The second kappa shape index (κ2) is 6.21. The average Bonchev–Trinajstić information content (AvgIpc) is 2.27. The van der Waals surface area contributed by atoms with Crippen molar-refractivity contribution in [2.24, 2.45) is 0 Å². The molecule has 86 valence electrons. The monoisotopic (exact) mass is 240 g/mol. The van der Waals surface area contributed by atoms with Gasteiger partial charge in [-0.25, -0.2) is 0 Å². The van der Waals surface area contributed by atoms with E-state index in [1.165, 1.54) is 7.11 Å². The predicted octanol–water partition coefficient (Wildman–Crippen LogP) is 1.97. The molecule has 0 spiro atoms. The minimum absolute atomic E-state index is 0.0541. The Morgan fingerprint density at radius 1 is 1.50 bits per heavy atom. The molecule has 0 fully saturated rings. The molecule has 0 aliphatic rings. The number of halogens is 1. The zero-order valence-electron chi connectivity index (χ0n) is 9.21. The van der Waals surface area contributed by atoms with Crippen LogP contribution < -0.4 is 14.8 Å². The minimum Gasteiger partial charge on any atom is -0.493 e. The quantitative estimate of drug-likeness (QED) is 0.855. The molecule has 0 aliphatic heterocycles. The minimum atomic E-state index is -0.0541. The number of nitriles is 1. The van der Waals surface area contributed by atoms with Crippen molar-refractivity contribution in [2.45, 2.75) is 6.54 Å². The summed E-state index contributed by atoms with van der Waals surface area (Å²) >= 11 is 6.04. The van der Waals surface area contributed by atoms with Crippen molar-refractivity contribution in [1.82, 2.24) is 5.32 Å². The maximum Gasteiger partial charge on any atom is 0.181 e. The van der Waals surface area contributed by atoms with Gasteiger partial charge in [0.25, 0.3) is 0 Å². The summed E-state index contributed by atoms with van der Waals surface area (Å²) in [5.41, 5.74) is 0.994. The first-order valence-corrected chi connectivity index (χ1v) is 5.11. The van der Waals surface area contributed by atoms with Crippen LogP contribution in [0.5, 0.6) is 11.5 Å². The largest absolute Gasteiger partial charge is 0.493 e. The highest BCUT2D eigenvalue weighted by Crippen LogP contribution is 2.36. The number of rotatable bonds is 5. The van der Waals surface area contributed by atoms with Crippen molar-refractivity contribution in [3.63, 3.8) is 0 Å². The van der Waals surface area contributed by atoms with Crippen LogP contribution in [0.15, 0.2) is 12.1 Å². The number of nitrogens with zero attached hydrogens (tertiary/aromatic N) is 1. The Bertz CT molecular complexity index is 402. The van der Waals surface area contributed by atoms with Crippen molar-refractivity contribution >= 4 is 11.6 Å². The molecule has 0 heterocycles. The Hall–Kier alpha value is -1.44. The third-order valence-corrected chi connectivity index (χ3v) is 2.23. The lowest BCUT2D eigenvalue weighted by Crippen LogP contribution is -2.06. The van der Waals surface area contributed by atoms with Crippen LogP contribution in [-0.4, -0.2) is 20.8 Å². The van der Waals surface area contributed by atoms with Crippen molar-refractivity contribution in [2.75, 3.05) is 20.8 Å². The number of hydrogen-bond donors (Lipinski definition) is 1. The molecule has 0 radical (unpaired) electrons. The molecule has 0 saturated carbocycles. The first-order valence-electron chi connectivity index (χ1n) is 4.73. The average molecular weight is 241 g/mol. The topological polar surface area (TPSA) is 54.3 Å². The van der Waals surface area contributed by atoms with Gasteiger partial charge in [0.05, 0.1) is 12.1 Å². The van der Waals surface area contributed by atoms with Crippen LogP contribution in [0.25, 0.3) is 0 Å². The number of hydrogen-bond acceptors (Lipinski definition) is 4. The van der Waals surface area contributed by atoms with Gasteiger partial charge in [-0.3, -0.25) is 0 Å². The molecule has 5 heteroatoms. The molecule has 0 atom stereocenters. The highest BCUT2D eigenvalue weighted by molar-refractivity contribution is 6.32. The molecule has 0 aromatic heterocycles. The third-order valence-electron chi connectivity index (χ3n) is 1.95. The van der Waals surface area contributed by atoms with E-state index in [2.05, 4.69) is 5.32 Å². The summed E-state index contributed by atoms with van der Waals surface area (Å²) in [7, 11) is 3.38. The fourth-order valence-corrected chi connectivity index (χ4v) is 1.61. The Kier molecular flexibility index (Phi) is 4.90. The summed E-state index contributed by atoms with van der Waals surface area (Å²) in [4.78, 5) is 0. The Morgan fingerprint density at radius 2 is 2.25 bits per heavy atom. The highest BCUT2D eigenvalue weighted by Gasteiger charge is 2.11. The molecule has 4 nitrogen and oxygen atoms in total. The molecule has 0 amide bonds. The first-order chi connectivity index (χ1) is 7.72. The molecule has 16 heavy (non-hydrogen) atoms. The highest BCUT2D eigenvalue weighted by atomic mass is 35.5. The van der Waals surface area contributed by atoms with Crippen molar-refractivity contribution in [3.05, 3.63) is 22.7 Å². The van der Waals surface area contributed by atoms with Gasteiger partial charge in [0.1, 0.15) is 6.07 Å². The molecule has 1 N–H and O–H groups in total. The van der Waals surface area contributed by atoms with Crippen LogP contribution >= 0.6 is 11.6 Å². The lowest BCUT2D eigenvalue weighted by Gasteiger charge is -2.12. The van der Waals surface area contributed by atoms with Gasteiger partial charge in [0, 0.05) is 6.54 Å². The third kappa shape index (κ3) is 3.02. The predicted molar refractivity (Wildman–Crippen MR) is 61.9 cm³/mol. The Labute approximate surface area is 99.7 Å². The summed E-state index contributed by atoms with van der Waals surface area (Å²) < 4.78 is 10.4. The Balaban J connectivity index is 3.03. The van der Waals surface area contributed by atoms with Gasteiger partial charge in [-0.15, -0.1) is 0 Å². The normalized spacial score (nSPS) is 9.62. The van der Waals surface area contributed by atoms with Gasteiger partial charge in [0.15, 0.2) is 18.1 Å². The zero-order valence-corrected chi connectivity index (χ0v) is 9.97. The maximum absolute atomic E-state index is 8.45. The molecule has 1 rings (SSSR count). The summed E-state index contributed by atoms with van der Waals surface area (Å²) in [6.07, 6.45) is 0. The van der Waals surface area contributed by atoms with Gasteiger partial charge in [-0.1, -0.05) is 11.6 Å². The lowest BCUT2D eigenvalue weighted by atomic mass is 10.2. The number of ether oxygens (including phenoxy) is 2. The molecular formula is C11H13ClN2O2. The van der Waals surface area contributed by atoms with Crippen LogP contribution in [-0.2, 0) is 6.54 Å². The summed E-state index contributed by atoms with van der Waals surface area (Å²) in [5, 5.41) is 11.9. The van der Waals surface area contributed by atoms with Crippen molar-refractivity contribution in [3.8, 4) is 17.6 Å². The van der Waals surface area contributed by atoms with Crippen molar-refractivity contribution < 1.29 is 9.47 Å². The standard InChI is InChI=1S/C11H13ClN2O2/c1-14-7-8-5-9(12)11(16-4-3-13)10(6-8)15-2/h5-6,14H,4,7H2,1-2H3. The summed E-state index contributed by atoms with van der Waals surface area (Å²) in [5.74, 6) is 0.943. The second-order valence-electron chi connectivity index (χ2n) is 3.09. The van der Waals surface area contributed by atoms with Gasteiger partial charge in [-0.05, 0) is 24.7 Å². The second-order valence-corrected chi connectivity index (χ2v) is 3.49. The maximum atomic E-state index is 8.45. The molecule has 0 bridgehead atoms. The van der Waals surface area contributed by atoms with E-state index in [0.29, 0.717) is 23.1 Å². The fourth-order valence-electron chi connectivity index (χ4n) is 1.32. The van der Waals surface area contributed by atoms with Crippen molar-refractivity contribution in [1.29, 1.82) is 5.26 Å². The van der Waals surface area contributed by atoms with Gasteiger partial charge in [-0.2, -0.15) is 5.26 Å². The molecule has 0 saturated heterocycles. The van der Waals surface area contributed by atoms with E-state index < -0.39 is 0 Å². The molecule has 0 unspecified atom stereocenters. The van der Waals surface area contributed by atoms with Crippen LogP contribution in [0.4, 0.5) is 0 Å². The van der Waals surface area contributed by atoms with Crippen LogP contribution in [0.2, 0.25) is 5.02 Å². The van der Waals surface area contributed by atoms with Crippen LogP contribution in [0.3, 0.4) is 0 Å². The fraction of sp³-hybridized carbons (Fsp3) is 0.364. The smallest absolute Gasteiger partial charge is 0.181 e. The molecule has 0 aliphatic carbocycles. The van der Waals surface area contributed by atoms with E-state index in [4.69, 9.17) is 26.3 Å². The van der Waals surface area contributed by atoms with Gasteiger partial charge >= 0.3 is 0 Å². The zero-order chi connectivity index (χ0) is 12.0. The molecule has 1 aromatic rings. The van der Waals surface area contributed by atoms with E-state index in [-0.39, 0.29) is 6.61 Å². The van der Waals surface area contributed by atoms with Crippen LogP contribution in [0, 0.1) is 11.3 Å². The number of nitrogens with one attached hydrogen (secondary N) is 1. The van der Waals surface area contributed by atoms with E-state index in [1.807, 2.05) is 19.2 Å². The van der Waals surface area contributed by atoms with Gasteiger partial charge < -0.3 is 14.8 Å². The molecule has 1 aromatic carbocycles. The Morgan fingerprint density at radius 3 is 2.81 bits per heavy atom. The van der Waals surface area contributed by atoms with E-state index in [9.17, 15) is 0 Å². The van der Waals surface area contributed by atoms with E-state index >= 15 is 0 Å². The van der Waals surface area contributed by atoms with Gasteiger partial charge in [0.2, 0.25) is 0 Å². The lowest BCUT2D eigenvalue weighted by molar-refractivity contribution is 0.329. The van der Waals surface area contributed by atoms with Crippen LogP contribution in [0.1, 0.15) is 5.56 Å². The summed E-state index contributed by atoms with van der Waals surface area (Å²) in [6, 6.07) is 5.50.